The molecule has 2 rings (SSSR count). The maximum Gasteiger partial charge on any atom is 0.295 e. The molecule has 7 heteroatoms. The van der Waals surface area contributed by atoms with E-state index in [1.165, 1.54) is 26.3 Å². The van der Waals surface area contributed by atoms with Crippen molar-refractivity contribution in [3.8, 4) is 5.75 Å². The van der Waals surface area contributed by atoms with Crippen molar-refractivity contribution >= 4 is 11.7 Å². The molecule has 0 atom stereocenters. The molecule has 2 aromatic carbocycles. The number of halogens is 3. The number of rotatable bonds is 5. The molecule has 1 amide bonds. The Morgan fingerprint density at radius 2 is 1.67 bits per heavy atom. The summed E-state index contributed by atoms with van der Waals surface area (Å²) in [5, 5.41) is 0. The first-order chi connectivity index (χ1) is 11.3. The molecule has 0 spiro atoms. The molecule has 0 saturated heterocycles. The van der Waals surface area contributed by atoms with Crippen LogP contribution in [0.2, 0.25) is 0 Å². The number of carbonyl (C=O) groups is 2. The zero-order valence-electron chi connectivity index (χ0n) is 13.0. The number of hydrogen-bond donors (Lipinski definition) is 0. The minimum Gasteiger partial charge on any atom is -0.496 e. The average Bonchev–Trinajstić information content (AvgIpc) is 2.55. The highest BCUT2D eigenvalue weighted by molar-refractivity contribution is 6.43. The van der Waals surface area contributed by atoms with E-state index in [0.29, 0.717) is 6.07 Å². The second-order valence-electron chi connectivity index (χ2n) is 5.07. The van der Waals surface area contributed by atoms with Gasteiger partial charge in [0.1, 0.15) is 23.2 Å². The molecule has 126 valence electrons. The molecule has 0 aliphatic heterocycles. The molecule has 0 radical (unpaired) electrons. The van der Waals surface area contributed by atoms with Crippen molar-refractivity contribution in [3.05, 3.63) is 65.0 Å². The number of hydrogen-bond acceptors (Lipinski definition) is 3. The van der Waals surface area contributed by atoms with Gasteiger partial charge in [0.25, 0.3) is 11.7 Å². The minimum absolute atomic E-state index is 0.0475. The fourth-order valence-corrected chi connectivity index (χ4v) is 2.12. The topological polar surface area (TPSA) is 46.6 Å². The molecule has 0 unspecified atom stereocenters. The molecule has 4 nitrogen and oxygen atoms in total. The van der Waals surface area contributed by atoms with Crippen molar-refractivity contribution in [3.63, 3.8) is 0 Å². The first-order valence-electron chi connectivity index (χ1n) is 6.90. The fraction of sp³-hybridized carbons (Fsp3) is 0.176. The van der Waals surface area contributed by atoms with E-state index in [-0.39, 0.29) is 23.4 Å². The van der Waals surface area contributed by atoms with Crippen LogP contribution in [-0.2, 0) is 11.3 Å². The number of methoxy groups -OCH3 is 1. The number of likely N-dealkylation sites (N-methyl/N-ethyl adjacent to an activating group) is 1. The van der Waals surface area contributed by atoms with Crippen LogP contribution in [0.4, 0.5) is 13.2 Å². The predicted octanol–water partition coefficient (Wildman–Crippen LogP) is 2.95. The highest BCUT2D eigenvalue weighted by Crippen LogP contribution is 2.21. The molecular weight excluding hydrogens is 323 g/mol. The highest BCUT2D eigenvalue weighted by Gasteiger charge is 2.25. The normalized spacial score (nSPS) is 10.4. The van der Waals surface area contributed by atoms with Gasteiger partial charge in [0.05, 0.1) is 12.7 Å². The third-order valence-corrected chi connectivity index (χ3v) is 3.37. The Morgan fingerprint density at radius 3 is 2.29 bits per heavy atom. The van der Waals surface area contributed by atoms with Gasteiger partial charge in [-0.05, 0) is 24.3 Å². The first-order valence-corrected chi connectivity index (χ1v) is 6.90. The number of nitrogens with zero attached hydrogens (tertiary/aromatic N) is 1. The summed E-state index contributed by atoms with van der Waals surface area (Å²) in [4.78, 5) is 25.4. The summed E-state index contributed by atoms with van der Waals surface area (Å²) in [6.45, 7) is -0.242. The lowest BCUT2D eigenvalue weighted by Gasteiger charge is -2.17. The molecule has 0 heterocycles. The largest absolute Gasteiger partial charge is 0.496 e. The monoisotopic (exact) mass is 337 g/mol. The summed E-state index contributed by atoms with van der Waals surface area (Å²) in [5.41, 5.74) is -0.180. The van der Waals surface area contributed by atoms with Crippen LogP contribution in [0.25, 0.3) is 0 Å². The van der Waals surface area contributed by atoms with Crippen LogP contribution in [0, 0.1) is 17.5 Å². The third-order valence-electron chi connectivity index (χ3n) is 3.37. The van der Waals surface area contributed by atoms with E-state index in [1.807, 2.05) is 0 Å². The number of ketones is 1. The van der Waals surface area contributed by atoms with Crippen LogP contribution in [0.1, 0.15) is 15.9 Å². The van der Waals surface area contributed by atoms with Crippen molar-refractivity contribution in [2.75, 3.05) is 14.2 Å². The molecule has 0 aromatic heterocycles. The summed E-state index contributed by atoms with van der Waals surface area (Å²) >= 11 is 0. The number of ether oxygens (including phenoxy) is 1. The summed E-state index contributed by atoms with van der Waals surface area (Å²) in [5.74, 6) is -4.18. The number of benzene rings is 2. The van der Waals surface area contributed by atoms with Crippen LogP contribution in [0.3, 0.4) is 0 Å². The Labute approximate surface area is 136 Å². The predicted molar refractivity (Wildman–Crippen MR) is 80.1 cm³/mol. The zero-order chi connectivity index (χ0) is 17.9. The molecule has 0 aliphatic carbocycles. The van der Waals surface area contributed by atoms with Gasteiger partial charge in [-0.25, -0.2) is 13.2 Å². The van der Waals surface area contributed by atoms with Crippen molar-refractivity contribution in [1.82, 2.24) is 4.90 Å². The van der Waals surface area contributed by atoms with Gasteiger partial charge < -0.3 is 9.64 Å². The van der Waals surface area contributed by atoms with Gasteiger partial charge in [-0.3, -0.25) is 9.59 Å². The number of amides is 1. The summed E-state index contributed by atoms with van der Waals surface area (Å²) in [6, 6.07) is 6.14. The maximum atomic E-state index is 13.6. The third kappa shape index (κ3) is 3.73. The fourth-order valence-electron chi connectivity index (χ4n) is 2.12. The Kier molecular flexibility index (Phi) is 5.23. The van der Waals surface area contributed by atoms with Crippen LogP contribution in [0.15, 0.2) is 36.4 Å². The van der Waals surface area contributed by atoms with Gasteiger partial charge >= 0.3 is 0 Å². The standard InChI is InChI=1S/C17H14F3NO3/c1-21(9-10-3-4-12(19)8-14(10)20)17(23)16(22)13-7-11(18)5-6-15(13)24-2/h3-8H,9H2,1-2H3. The minimum atomic E-state index is -0.989. The molecular formula is C17H14F3NO3. The molecule has 0 N–H and O–H groups in total. The Balaban J connectivity index is 2.21. The lowest BCUT2D eigenvalue weighted by atomic mass is 10.1. The summed E-state index contributed by atoms with van der Waals surface area (Å²) in [7, 11) is 2.57. The van der Waals surface area contributed by atoms with E-state index in [2.05, 4.69) is 0 Å². The lowest BCUT2D eigenvalue weighted by molar-refractivity contribution is -0.125. The van der Waals surface area contributed by atoms with Crippen LogP contribution < -0.4 is 4.74 Å². The quantitative estimate of drug-likeness (QED) is 0.622. The van der Waals surface area contributed by atoms with Gasteiger partial charge in [-0.15, -0.1) is 0 Å². The van der Waals surface area contributed by atoms with E-state index in [9.17, 15) is 22.8 Å². The summed E-state index contributed by atoms with van der Waals surface area (Å²) < 4.78 is 44.8. The molecule has 24 heavy (non-hydrogen) atoms. The van der Waals surface area contributed by atoms with E-state index < -0.39 is 29.1 Å². The lowest BCUT2D eigenvalue weighted by Crippen LogP contribution is -2.33. The highest BCUT2D eigenvalue weighted by atomic mass is 19.1. The van der Waals surface area contributed by atoms with E-state index >= 15 is 0 Å². The van der Waals surface area contributed by atoms with Gasteiger partial charge in [-0.2, -0.15) is 0 Å². The van der Waals surface area contributed by atoms with Crippen LogP contribution >= 0.6 is 0 Å². The van der Waals surface area contributed by atoms with Gasteiger partial charge in [-0.1, -0.05) is 6.07 Å². The van der Waals surface area contributed by atoms with Gasteiger partial charge in [0, 0.05) is 25.2 Å². The molecule has 0 bridgehead atoms. The van der Waals surface area contributed by atoms with Crippen molar-refractivity contribution < 1.29 is 27.5 Å². The van der Waals surface area contributed by atoms with E-state index in [1.54, 1.807) is 0 Å². The van der Waals surface area contributed by atoms with Crippen LogP contribution in [0.5, 0.6) is 5.75 Å². The van der Waals surface area contributed by atoms with Crippen molar-refractivity contribution in [2.24, 2.45) is 0 Å². The Bertz CT molecular complexity index is 793. The van der Waals surface area contributed by atoms with E-state index in [4.69, 9.17) is 4.74 Å². The van der Waals surface area contributed by atoms with Crippen LogP contribution in [-0.4, -0.2) is 30.7 Å². The van der Waals surface area contributed by atoms with Crippen molar-refractivity contribution in [1.29, 1.82) is 0 Å². The van der Waals surface area contributed by atoms with Gasteiger partial charge in [0.15, 0.2) is 0 Å². The molecule has 0 saturated carbocycles. The molecule has 0 aliphatic rings. The second kappa shape index (κ2) is 7.16. The Morgan fingerprint density at radius 1 is 1.04 bits per heavy atom. The average molecular weight is 337 g/mol. The second-order valence-corrected chi connectivity index (χ2v) is 5.07. The number of carbonyl (C=O) groups excluding carboxylic acids is 2. The molecule has 0 fully saturated rings. The smallest absolute Gasteiger partial charge is 0.295 e. The zero-order valence-corrected chi connectivity index (χ0v) is 13.0. The SMILES string of the molecule is COc1ccc(F)cc1C(=O)C(=O)N(C)Cc1ccc(F)cc1F. The molecule has 2 aromatic rings. The Hall–Kier alpha value is -2.83. The number of Topliss-reactive ketones (excluding diaryl/α,β-unsaturated/α-hetero) is 1. The maximum absolute atomic E-state index is 13.6. The van der Waals surface area contributed by atoms with Gasteiger partial charge in [0.2, 0.25) is 0 Å². The first kappa shape index (κ1) is 17.5. The van der Waals surface area contributed by atoms with Crippen molar-refractivity contribution in [2.45, 2.75) is 6.54 Å². The summed E-state index contributed by atoms with van der Waals surface area (Å²) in [6.07, 6.45) is 0. The van der Waals surface area contributed by atoms with E-state index in [0.717, 1.165) is 23.1 Å².